The average molecular weight is 359 g/mol. The molecule has 24 heavy (non-hydrogen) atoms. The molecule has 1 amide bonds. The number of anilines is 2. The van der Waals surface area contributed by atoms with Crippen LogP contribution in [0.4, 0.5) is 24.9 Å². The average Bonchev–Trinajstić information content (AvgIpc) is 2.49. The number of hydrogen-bond acceptors (Lipinski definition) is 4. The number of benzene rings is 1. The van der Waals surface area contributed by atoms with Crippen LogP contribution in [0.15, 0.2) is 30.3 Å². The number of carbonyl (C=O) groups is 1. The lowest BCUT2D eigenvalue weighted by Gasteiger charge is -2.18. The minimum atomic E-state index is -4.78. The lowest BCUT2D eigenvalue weighted by molar-refractivity contribution is -0.141. The number of nitrogens with zero attached hydrogens (tertiary/aromatic N) is 2. The molecule has 0 saturated carbocycles. The Hall–Kier alpha value is -2.35. The Kier molecular flexibility index (Phi) is 5.28. The van der Waals surface area contributed by atoms with E-state index in [1.54, 1.807) is 19.1 Å². The van der Waals surface area contributed by atoms with Gasteiger partial charge in [0, 0.05) is 13.0 Å². The summed E-state index contributed by atoms with van der Waals surface area (Å²) in [5.41, 5.74) is -0.479. The normalized spacial score (nSPS) is 12.6. The number of amides is 1. The second-order valence-corrected chi connectivity index (χ2v) is 5.39. The van der Waals surface area contributed by atoms with E-state index in [1.165, 1.54) is 0 Å². The quantitative estimate of drug-likeness (QED) is 0.856. The zero-order valence-electron chi connectivity index (χ0n) is 12.8. The minimum absolute atomic E-state index is 0.209. The third kappa shape index (κ3) is 4.35. The van der Waals surface area contributed by atoms with Crippen molar-refractivity contribution in [2.45, 2.75) is 26.1 Å². The monoisotopic (exact) mass is 358 g/mol. The van der Waals surface area contributed by atoms with E-state index in [0.29, 0.717) is 0 Å². The van der Waals surface area contributed by atoms with Gasteiger partial charge in [0.2, 0.25) is 11.9 Å². The second-order valence-electron chi connectivity index (χ2n) is 5.01. The van der Waals surface area contributed by atoms with Gasteiger partial charge in [-0.2, -0.15) is 18.2 Å². The number of rotatable bonds is 4. The molecule has 1 aromatic carbocycles. The van der Waals surface area contributed by atoms with Crippen LogP contribution in [0.1, 0.15) is 31.1 Å². The van der Waals surface area contributed by atoms with E-state index >= 15 is 0 Å². The summed E-state index contributed by atoms with van der Waals surface area (Å²) in [7, 11) is 0. The van der Waals surface area contributed by atoms with Gasteiger partial charge in [0.25, 0.3) is 0 Å². The van der Waals surface area contributed by atoms with Gasteiger partial charge in [-0.05, 0) is 12.5 Å². The highest BCUT2D eigenvalue weighted by molar-refractivity contribution is 6.33. The molecule has 2 aromatic rings. The van der Waals surface area contributed by atoms with Gasteiger partial charge in [-0.25, -0.2) is 4.98 Å². The molecule has 0 aliphatic rings. The Morgan fingerprint density at radius 2 is 1.83 bits per heavy atom. The van der Waals surface area contributed by atoms with Gasteiger partial charge in [-0.15, -0.1) is 0 Å². The molecule has 0 saturated heterocycles. The van der Waals surface area contributed by atoms with Crippen molar-refractivity contribution in [3.05, 3.63) is 46.6 Å². The molecule has 1 heterocycles. The van der Waals surface area contributed by atoms with Crippen LogP contribution in [-0.2, 0) is 11.0 Å². The lowest BCUT2D eigenvalue weighted by Crippen LogP contribution is -2.18. The summed E-state index contributed by atoms with van der Waals surface area (Å²) in [4.78, 5) is 18.2. The lowest BCUT2D eigenvalue weighted by atomic mass is 10.1. The van der Waals surface area contributed by atoms with Gasteiger partial charge in [0.1, 0.15) is 5.02 Å². The Labute approximate surface area is 141 Å². The van der Waals surface area contributed by atoms with Crippen LogP contribution in [0.2, 0.25) is 5.02 Å². The molecular formula is C15H14ClF3N4O. The number of hydrogen-bond donors (Lipinski definition) is 2. The van der Waals surface area contributed by atoms with Gasteiger partial charge < -0.3 is 5.32 Å². The Morgan fingerprint density at radius 3 is 2.38 bits per heavy atom. The molecule has 5 nitrogen and oxygen atoms in total. The molecule has 0 spiro atoms. The second kappa shape index (κ2) is 7.04. The molecule has 0 aliphatic carbocycles. The first-order valence-corrected chi connectivity index (χ1v) is 7.30. The predicted octanol–water partition coefficient (Wildman–Crippen LogP) is 4.28. The summed E-state index contributed by atoms with van der Waals surface area (Å²) in [6.45, 7) is 2.89. The fraction of sp³-hybridized carbons (Fsp3) is 0.267. The first kappa shape index (κ1) is 18.0. The highest BCUT2D eigenvalue weighted by Crippen LogP contribution is 2.37. The van der Waals surface area contributed by atoms with Crippen molar-refractivity contribution in [1.82, 2.24) is 9.97 Å². The smallest absolute Gasteiger partial charge is 0.362 e. The van der Waals surface area contributed by atoms with E-state index < -0.39 is 28.7 Å². The Balaban J connectivity index is 2.42. The van der Waals surface area contributed by atoms with Gasteiger partial charge in [0.05, 0.1) is 0 Å². The zero-order valence-corrected chi connectivity index (χ0v) is 13.5. The largest absolute Gasteiger partial charge is 0.435 e. The fourth-order valence-corrected chi connectivity index (χ4v) is 2.22. The molecule has 0 bridgehead atoms. The van der Waals surface area contributed by atoms with Crippen LogP contribution in [0.5, 0.6) is 0 Å². The third-order valence-electron chi connectivity index (χ3n) is 3.06. The Morgan fingerprint density at radius 1 is 1.21 bits per heavy atom. The Bertz CT molecular complexity index is 737. The molecule has 1 atom stereocenters. The standard InChI is InChI=1S/C15H14ClF3N4O/c1-8(10-6-4-3-5-7-10)20-13-11(16)12(15(17,18)19)22-14(23-13)21-9(2)24/h3-8H,1-2H3,(H2,20,21,22,23,24). The van der Waals surface area contributed by atoms with Gasteiger partial charge in [-0.3, -0.25) is 10.1 Å². The zero-order chi connectivity index (χ0) is 17.9. The van der Waals surface area contributed by atoms with E-state index in [0.717, 1.165) is 12.5 Å². The van der Waals surface area contributed by atoms with Crippen molar-refractivity contribution in [2.75, 3.05) is 10.6 Å². The van der Waals surface area contributed by atoms with Crippen LogP contribution in [0, 0.1) is 0 Å². The number of halogens is 4. The van der Waals surface area contributed by atoms with E-state index in [2.05, 4.69) is 20.6 Å². The van der Waals surface area contributed by atoms with Crippen LogP contribution in [0.3, 0.4) is 0 Å². The molecule has 1 aromatic heterocycles. The van der Waals surface area contributed by atoms with Gasteiger partial charge in [-0.1, -0.05) is 41.9 Å². The molecule has 2 rings (SSSR count). The summed E-state index contributed by atoms with van der Waals surface area (Å²) < 4.78 is 39.3. The van der Waals surface area contributed by atoms with E-state index in [1.807, 2.05) is 18.2 Å². The topological polar surface area (TPSA) is 66.9 Å². The van der Waals surface area contributed by atoms with E-state index in [9.17, 15) is 18.0 Å². The van der Waals surface area contributed by atoms with Crippen LogP contribution in [-0.4, -0.2) is 15.9 Å². The number of nitrogens with one attached hydrogen (secondary N) is 2. The van der Waals surface area contributed by atoms with Crippen LogP contribution < -0.4 is 10.6 Å². The third-order valence-corrected chi connectivity index (χ3v) is 3.42. The molecule has 1 unspecified atom stereocenters. The molecule has 0 radical (unpaired) electrons. The van der Waals surface area contributed by atoms with Crippen molar-refractivity contribution < 1.29 is 18.0 Å². The molecular weight excluding hydrogens is 345 g/mol. The van der Waals surface area contributed by atoms with E-state index in [-0.39, 0.29) is 11.9 Å². The number of alkyl halides is 3. The first-order valence-electron chi connectivity index (χ1n) is 6.92. The molecule has 128 valence electrons. The van der Waals surface area contributed by atoms with E-state index in [4.69, 9.17) is 11.6 Å². The summed E-state index contributed by atoms with van der Waals surface area (Å²) in [5.74, 6) is -1.27. The van der Waals surface area contributed by atoms with Crippen molar-refractivity contribution in [2.24, 2.45) is 0 Å². The minimum Gasteiger partial charge on any atom is -0.362 e. The molecule has 0 fully saturated rings. The first-order chi connectivity index (χ1) is 11.2. The maximum absolute atomic E-state index is 13.1. The number of aromatic nitrogens is 2. The summed E-state index contributed by atoms with van der Waals surface area (Å²) in [6, 6.07) is 8.70. The van der Waals surface area contributed by atoms with Crippen molar-refractivity contribution in [3.63, 3.8) is 0 Å². The molecule has 0 aliphatic heterocycles. The van der Waals surface area contributed by atoms with Crippen LogP contribution in [0.25, 0.3) is 0 Å². The maximum atomic E-state index is 13.1. The molecule has 2 N–H and O–H groups in total. The van der Waals surface area contributed by atoms with Crippen molar-refractivity contribution in [3.8, 4) is 0 Å². The van der Waals surface area contributed by atoms with Gasteiger partial charge in [0.15, 0.2) is 11.5 Å². The SMILES string of the molecule is CC(=O)Nc1nc(NC(C)c2ccccc2)c(Cl)c(C(F)(F)F)n1. The number of carbonyl (C=O) groups excluding carboxylic acids is 1. The summed E-state index contributed by atoms with van der Waals surface area (Å²) >= 11 is 5.81. The fourth-order valence-electron chi connectivity index (χ4n) is 1.97. The predicted molar refractivity (Wildman–Crippen MR) is 84.8 cm³/mol. The summed E-state index contributed by atoms with van der Waals surface area (Å²) in [6.07, 6.45) is -4.78. The van der Waals surface area contributed by atoms with Crippen molar-refractivity contribution in [1.29, 1.82) is 0 Å². The summed E-state index contributed by atoms with van der Waals surface area (Å²) in [5, 5.41) is 4.30. The molecule has 9 heteroatoms. The van der Waals surface area contributed by atoms with Crippen molar-refractivity contribution >= 4 is 29.3 Å². The highest BCUT2D eigenvalue weighted by atomic mass is 35.5. The maximum Gasteiger partial charge on any atom is 0.435 e. The van der Waals surface area contributed by atoms with Gasteiger partial charge >= 0.3 is 6.18 Å². The highest BCUT2D eigenvalue weighted by Gasteiger charge is 2.37. The van der Waals surface area contributed by atoms with Crippen LogP contribution >= 0.6 is 11.6 Å².